The van der Waals surface area contributed by atoms with E-state index < -0.39 is 6.09 Å². The molecule has 0 radical (unpaired) electrons. The Morgan fingerprint density at radius 2 is 2.04 bits per heavy atom. The van der Waals surface area contributed by atoms with Crippen LogP contribution in [0.3, 0.4) is 0 Å². The third-order valence-corrected chi connectivity index (χ3v) is 4.76. The average molecular weight is 363 g/mol. The Bertz CT molecular complexity index is 802. The van der Waals surface area contributed by atoms with E-state index in [4.69, 9.17) is 16.3 Å². The van der Waals surface area contributed by atoms with Crippen molar-refractivity contribution < 1.29 is 9.53 Å². The second-order valence-corrected chi connectivity index (χ2v) is 6.52. The van der Waals surface area contributed by atoms with E-state index in [1.165, 1.54) is 7.11 Å². The van der Waals surface area contributed by atoms with E-state index in [0.29, 0.717) is 23.9 Å². The van der Waals surface area contributed by atoms with Crippen molar-refractivity contribution in [3.63, 3.8) is 0 Å². The molecule has 1 saturated heterocycles. The van der Waals surface area contributed by atoms with Crippen molar-refractivity contribution in [1.29, 1.82) is 0 Å². The summed E-state index contributed by atoms with van der Waals surface area (Å²) in [6, 6.07) is 5.68. The normalized spacial score (nSPS) is 16.9. The van der Waals surface area contributed by atoms with Gasteiger partial charge in [-0.3, -0.25) is 9.47 Å². The largest absolute Gasteiger partial charge is 0.453 e. The molecular weight excluding hydrogens is 344 g/mol. The zero-order chi connectivity index (χ0) is 17.4. The van der Waals surface area contributed by atoms with Gasteiger partial charge in [0.2, 0.25) is 5.95 Å². The summed E-state index contributed by atoms with van der Waals surface area (Å²) in [6.07, 6.45) is -0.397. The number of hydrogen-bond donors (Lipinski definition) is 1. The van der Waals surface area contributed by atoms with Crippen LogP contribution in [0.5, 0.6) is 0 Å². The maximum absolute atomic E-state index is 12.1. The summed E-state index contributed by atoms with van der Waals surface area (Å²) in [5, 5.41) is 12.7. The lowest BCUT2D eigenvalue weighted by molar-refractivity contribution is 0.117. The van der Waals surface area contributed by atoms with Crippen molar-refractivity contribution >= 4 is 23.6 Å². The summed E-state index contributed by atoms with van der Waals surface area (Å²) >= 11 is 6.19. The van der Waals surface area contributed by atoms with Gasteiger partial charge in [0.15, 0.2) is 5.82 Å². The van der Waals surface area contributed by atoms with Crippen LogP contribution < -0.4 is 10.2 Å². The number of rotatable bonds is 1. The SMILES string of the molecule is COC(=O)N1Cc2cc(Cl)ccc2-n2c(nnc2N2CCNCC2)C1. The van der Waals surface area contributed by atoms with Crippen LogP contribution in [-0.4, -0.2) is 59.0 Å². The van der Waals surface area contributed by atoms with Crippen LogP contribution in [0, 0.1) is 0 Å². The summed E-state index contributed by atoms with van der Waals surface area (Å²) in [6.45, 7) is 4.28. The molecule has 2 aliphatic heterocycles. The predicted molar refractivity (Wildman–Crippen MR) is 93.1 cm³/mol. The molecular formula is C16H19ClN6O2. The van der Waals surface area contributed by atoms with Gasteiger partial charge in [0.05, 0.1) is 25.9 Å². The Labute approximate surface area is 150 Å². The molecule has 1 N–H and O–H groups in total. The zero-order valence-corrected chi connectivity index (χ0v) is 14.7. The van der Waals surface area contributed by atoms with Gasteiger partial charge in [0, 0.05) is 31.2 Å². The number of methoxy groups -OCH3 is 1. The third-order valence-electron chi connectivity index (χ3n) is 4.52. The van der Waals surface area contributed by atoms with Crippen LogP contribution in [0.1, 0.15) is 11.4 Å². The molecule has 0 saturated carbocycles. The Balaban J connectivity index is 1.83. The fourth-order valence-electron chi connectivity index (χ4n) is 3.32. The molecule has 1 aromatic heterocycles. The highest BCUT2D eigenvalue weighted by molar-refractivity contribution is 6.30. The summed E-state index contributed by atoms with van der Waals surface area (Å²) in [4.78, 5) is 15.9. The number of benzene rings is 1. The van der Waals surface area contributed by atoms with Crippen LogP contribution in [-0.2, 0) is 17.8 Å². The number of nitrogens with one attached hydrogen (secondary N) is 1. The van der Waals surface area contributed by atoms with E-state index in [0.717, 1.165) is 43.4 Å². The lowest BCUT2D eigenvalue weighted by Gasteiger charge is -2.28. The van der Waals surface area contributed by atoms with Gasteiger partial charge in [-0.15, -0.1) is 10.2 Å². The first-order valence-corrected chi connectivity index (χ1v) is 8.57. The fraction of sp³-hybridized carbons (Fsp3) is 0.438. The van der Waals surface area contributed by atoms with Gasteiger partial charge in [0.25, 0.3) is 0 Å². The molecule has 0 aliphatic carbocycles. The van der Waals surface area contributed by atoms with Crippen LogP contribution in [0.4, 0.5) is 10.7 Å². The molecule has 0 spiro atoms. The minimum atomic E-state index is -0.397. The number of carbonyl (C=O) groups is 1. The quantitative estimate of drug-likeness (QED) is 0.826. The second kappa shape index (κ2) is 6.53. The van der Waals surface area contributed by atoms with E-state index in [1.807, 2.05) is 22.8 Å². The van der Waals surface area contributed by atoms with E-state index in [2.05, 4.69) is 20.4 Å². The molecule has 3 heterocycles. The predicted octanol–water partition coefficient (Wildman–Crippen LogP) is 1.41. The summed E-state index contributed by atoms with van der Waals surface area (Å²) in [5.41, 5.74) is 1.89. The molecule has 1 fully saturated rings. The van der Waals surface area contributed by atoms with Gasteiger partial charge < -0.3 is 15.0 Å². The third kappa shape index (κ3) is 2.91. The standard InChI is InChI=1S/C16H19ClN6O2/c1-25-16(24)22-9-11-8-12(17)2-3-13(11)23-14(10-22)19-20-15(23)21-6-4-18-5-7-21/h2-3,8,18H,4-7,9-10H2,1H3. The molecule has 1 aromatic carbocycles. The van der Waals surface area contributed by atoms with Crippen molar-refractivity contribution in [2.24, 2.45) is 0 Å². The van der Waals surface area contributed by atoms with E-state index in [9.17, 15) is 4.79 Å². The maximum atomic E-state index is 12.1. The van der Waals surface area contributed by atoms with Crippen molar-refractivity contribution in [2.75, 3.05) is 38.2 Å². The van der Waals surface area contributed by atoms with E-state index >= 15 is 0 Å². The van der Waals surface area contributed by atoms with Crippen LogP contribution in [0.25, 0.3) is 5.69 Å². The molecule has 2 aromatic rings. The van der Waals surface area contributed by atoms with Gasteiger partial charge in [-0.25, -0.2) is 4.79 Å². The number of halogens is 1. The van der Waals surface area contributed by atoms with E-state index in [-0.39, 0.29) is 0 Å². The fourth-order valence-corrected chi connectivity index (χ4v) is 3.51. The summed E-state index contributed by atoms with van der Waals surface area (Å²) in [7, 11) is 1.38. The monoisotopic (exact) mass is 362 g/mol. The Hall–Kier alpha value is -2.32. The van der Waals surface area contributed by atoms with Crippen molar-refractivity contribution in [3.8, 4) is 5.69 Å². The molecule has 1 amide bonds. The lowest BCUT2D eigenvalue weighted by atomic mass is 10.1. The summed E-state index contributed by atoms with van der Waals surface area (Å²) < 4.78 is 6.93. The first kappa shape index (κ1) is 16.2. The number of amides is 1. The average Bonchev–Trinajstić information content (AvgIpc) is 2.97. The van der Waals surface area contributed by atoms with Crippen molar-refractivity contribution in [2.45, 2.75) is 13.1 Å². The number of anilines is 1. The van der Waals surface area contributed by atoms with Gasteiger partial charge in [-0.2, -0.15) is 0 Å². The molecule has 2 aliphatic rings. The molecule has 132 valence electrons. The Kier molecular flexibility index (Phi) is 4.22. The van der Waals surface area contributed by atoms with Crippen molar-refractivity contribution in [3.05, 3.63) is 34.6 Å². The Morgan fingerprint density at radius 1 is 1.24 bits per heavy atom. The highest BCUT2D eigenvalue weighted by Crippen LogP contribution is 2.30. The lowest BCUT2D eigenvalue weighted by Crippen LogP contribution is -2.44. The van der Waals surface area contributed by atoms with Gasteiger partial charge in [0.1, 0.15) is 0 Å². The number of ether oxygens (including phenoxy) is 1. The number of carbonyl (C=O) groups excluding carboxylic acids is 1. The zero-order valence-electron chi connectivity index (χ0n) is 13.9. The Morgan fingerprint density at radius 3 is 2.80 bits per heavy atom. The number of nitrogens with zero attached hydrogens (tertiary/aromatic N) is 5. The maximum Gasteiger partial charge on any atom is 0.410 e. The minimum absolute atomic E-state index is 0.331. The smallest absolute Gasteiger partial charge is 0.410 e. The highest BCUT2D eigenvalue weighted by Gasteiger charge is 2.29. The van der Waals surface area contributed by atoms with Crippen LogP contribution in [0.15, 0.2) is 18.2 Å². The first-order chi connectivity index (χ1) is 12.2. The van der Waals surface area contributed by atoms with E-state index in [1.54, 1.807) is 4.90 Å². The molecule has 0 atom stereocenters. The van der Waals surface area contributed by atoms with Crippen LogP contribution in [0.2, 0.25) is 5.02 Å². The highest BCUT2D eigenvalue weighted by atomic mass is 35.5. The van der Waals surface area contributed by atoms with Crippen molar-refractivity contribution in [1.82, 2.24) is 25.0 Å². The molecule has 0 bridgehead atoms. The van der Waals surface area contributed by atoms with Gasteiger partial charge in [-0.05, 0) is 23.8 Å². The minimum Gasteiger partial charge on any atom is -0.453 e. The molecule has 25 heavy (non-hydrogen) atoms. The molecule has 9 heteroatoms. The second-order valence-electron chi connectivity index (χ2n) is 6.09. The topological polar surface area (TPSA) is 75.5 Å². The summed E-state index contributed by atoms with van der Waals surface area (Å²) in [5.74, 6) is 1.51. The molecule has 4 rings (SSSR count). The van der Waals surface area contributed by atoms with Gasteiger partial charge in [-0.1, -0.05) is 11.6 Å². The number of hydrogen-bond acceptors (Lipinski definition) is 6. The molecule has 0 unspecified atom stereocenters. The number of aromatic nitrogens is 3. The first-order valence-electron chi connectivity index (χ1n) is 8.19. The van der Waals surface area contributed by atoms with Gasteiger partial charge >= 0.3 is 6.09 Å². The number of fused-ring (bicyclic) bond motifs is 3. The van der Waals surface area contributed by atoms with Crippen LogP contribution >= 0.6 is 11.6 Å². The molecule has 8 nitrogen and oxygen atoms in total. The number of piperazine rings is 1.